The molecule has 0 aliphatic heterocycles. The fraction of sp³-hybridized carbons (Fsp3) is 0.385. The van der Waals surface area contributed by atoms with Crippen LogP contribution in [0.1, 0.15) is 30.6 Å². The molecule has 0 aromatic heterocycles. The van der Waals surface area contributed by atoms with Gasteiger partial charge in [-0.25, -0.2) is 0 Å². The second-order valence-corrected chi connectivity index (χ2v) is 4.78. The molecule has 90 valence electrons. The summed E-state index contributed by atoms with van der Waals surface area (Å²) in [6.45, 7) is 4.03. The standard InChI is InChI=1S/C13H14ClNO2/c1-13(2,9-15)6-7-17-12-10(8-16)4-3-5-11(12)14/h3-5,8H,6-7H2,1-2H3. The van der Waals surface area contributed by atoms with Crippen LogP contribution in [0, 0.1) is 16.7 Å². The predicted molar refractivity (Wildman–Crippen MR) is 66.3 cm³/mol. The Bertz CT molecular complexity index is 449. The molecule has 1 aromatic rings. The van der Waals surface area contributed by atoms with E-state index in [2.05, 4.69) is 6.07 Å². The van der Waals surface area contributed by atoms with Crippen molar-refractivity contribution >= 4 is 17.9 Å². The number of halogens is 1. The maximum Gasteiger partial charge on any atom is 0.153 e. The van der Waals surface area contributed by atoms with Crippen LogP contribution in [0.15, 0.2) is 18.2 Å². The van der Waals surface area contributed by atoms with E-state index in [-0.39, 0.29) is 0 Å². The molecule has 0 saturated carbocycles. The lowest BCUT2D eigenvalue weighted by Gasteiger charge is -2.16. The van der Waals surface area contributed by atoms with Crippen LogP contribution < -0.4 is 4.74 Å². The Balaban J connectivity index is 2.70. The van der Waals surface area contributed by atoms with Gasteiger partial charge in [-0.3, -0.25) is 4.79 Å². The lowest BCUT2D eigenvalue weighted by Crippen LogP contribution is -2.13. The summed E-state index contributed by atoms with van der Waals surface area (Å²) in [6.07, 6.45) is 1.28. The van der Waals surface area contributed by atoms with Crippen LogP contribution in [0.5, 0.6) is 5.75 Å². The molecule has 0 fully saturated rings. The Morgan fingerprint density at radius 2 is 2.24 bits per heavy atom. The molecule has 0 saturated heterocycles. The van der Waals surface area contributed by atoms with Gasteiger partial charge in [0.15, 0.2) is 6.29 Å². The Kier molecular flexibility index (Phi) is 4.53. The van der Waals surface area contributed by atoms with Gasteiger partial charge in [0, 0.05) is 0 Å². The highest BCUT2D eigenvalue weighted by Gasteiger charge is 2.17. The molecule has 17 heavy (non-hydrogen) atoms. The van der Waals surface area contributed by atoms with Crippen molar-refractivity contribution < 1.29 is 9.53 Å². The quantitative estimate of drug-likeness (QED) is 0.753. The summed E-state index contributed by atoms with van der Waals surface area (Å²) in [6, 6.07) is 7.19. The van der Waals surface area contributed by atoms with E-state index in [1.54, 1.807) is 18.2 Å². The summed E-state index contributed by atoms with van der Waals surface area (Å²) in [5.41, 5.74) is -0.0185. The molecular formula is C13H14ClNO2. The topological polar surface area (TPSA) is 50.1 Å². The first kappa shape index (κ1) is 13.5. The highest BCUT2D eigenvalue weighted by molar-refractivity contribution is 6.32. The molecule has 0 aliphatic carbocycles. The summed E-state index contributed by atoms with van der Waals surface area (Å²) >= 11 is 5.94. The zero-order valence-corrected chi connectivity index (χ0v) is 10.6. The third kappa shape index (κ3) is 3.76. The molecule has 0 radical (unpaired) electrons. The van der Waals surface area contributed by atoms with Gasteiger partial charge in [-0.1, -0.05) is 17.7 Å². The largest absolute Gasteiger partial charge is 0.491 e. The Labute approximate surface area is 106 Å². The maximum absolute atomic E-state index is 10.8. The number of carbonyl (C=O) groups is 1. The average Bonchev–Trinajstić information content (AvgIpc) is 2.31. The molecule has 1 rings (SSSR count). The summed E-state index contributed by atoms with van der Waals surface area (Å²) in [5.74, 6) is 0.387. The number of rotatable bonds is 5. The van der Waals surface area contributed by atoms with Crippen molar-refractivity contribution in [3.05, 3.63) is 28.8 Å². The predicted octanol–water partition coefficient (Wildman–Crippen LogP) is 3.47. The van der Waals surface area contributed by atoms with E-state index in [4.69, 9.17) is 21.6 Å². The summed E-state index contributed by atoms with van der Waals surface area (Å²) in [4.78, 5) is 10.8. The third-order valence-corrected chi connectivity index (χ3v) is 2.70. The van der Waals surface area contributed by atoms with Crippen molar-refractivity contribution in [3.8, 4) is 11.8 Å². The zero-order valence-electron chi connectivity index (χ0n) is 9.87. The smallest absolute Gasteiger partial charge is 0.153 e. The van der Waals surface area contributed by atoms with Crippen molar-refractivity contribution in [3.63, 3.8) is 0 Å². The average molecular weight is 252 g/mol. The van der Waals surface area contributed by atoms with Crippen LogP contribution in [0.4, 0.5) is 0 Å². The second kappa shape index (κ2) is 5.70. The monoisotopic (exact) mass is 251 g/mol. The van der Waals surface area contributed by atoms with E-state index < -0.39 is 5.41 Å². The van der Waals surface area contributed by atoms with Crippen molar-refractivity contribution in [1.82, 2.24) is 0 Å². The highest BCUT2D eigenvalue weighted by atomic mass is 35.5. The lowest BCUT2D eigenvalue weighted by molar-refractivity contribution is 0.111. The van der Waals surface area contributed by atoms with Gasteiger partial charge >= 0.3 is 0 Å². The second-order valence-electron chi connectivity index (χ2n) is 4.37. The van der Waals surface area contributed by atoms with Gasteiger partial charge in [0.1, 0.15) is 5.75 Å². The van der Waals surface area contributed by atoms with Crippen molar-refractivity contribution in [2.75, 3.05) is 6.61 Å². The Morgan fingerprint density at radius 3 is 2.82 bits per heavy atom. The molecule has 0 heterocycles. The lowest BCUT2D eigenvalue weighted by atomic mass is 9.92. The van der Waals surface area contributed by atoms with Crippen LogP contribution >= 0.6 is 11.6 Å². The number of para-hydroxylation sites is 1. The van der Waals surface area contributed by atoms with Crippen molar-refractivity contribution in [2.45, 2.75) is 20.3 Å². The van der Waals surface area contributed by atoms with E-state index in [0.717, 1.165) is 0 Å². The minimum atomic E-state index is -0.442. The number of hydrogen-bond donors (Lipinski definition) is 0. The van der Waals surface area contributed by atoms with E-state index in [1.165, 1.54) is 0 Å². The van der Waals surface area contributed by atoms with E-state index >= 15 is 0 Å². The Hall–Kier alpha value is -1.53. The molecular weight excluding hydrogens is 238 g/mol. The first-order valence-corrected chi connectivity index (χ1v) is 5.66. The van der Waals surface area contributed by atoms with E-state index in [0.29, 0.717) is 35.6 Å². The minimum absolute atomic E-state index is 0.352. The number of carbonyl (C=O) groups excluding carboxylic acids is 1. The van der Waals surface area contributed by atoms with Crippen molar-refractivity contribution in [2.24, 2.45) is 5.41 Å². The molecule has 0 spiro atoms. The normalized spacial score (nSPS) is 10.7. The molecule has 0 amide bonds. The van der Waals surface area contributed by atoms with Gasteiger partial charge in [-0.2, -0.15) is 5.26 Å². The maximum atomic E-state index is 10.8. The fourth-order valence-corrected chi connectivity index (χ4v) is 1.47. The van der Waals surface area contributed by atoms with Crippen molar-refractivity contribution in [1.29, 1.82) is 5.26 Å². The Morgan fingerprint density at radius 1 is 1.53 bits per heavy atom. The summed E-state index contributed by atoms with van der Waals surface area (Å²) in [5, 5.41) is 9.27. The first-order valence-electron chi connectivity index (χ1n) is 5.28. The number of hydrogen-bond acceptors (Lipinski definition) is 3. The van der Waals surface area contributed by atoms with E-state index in [1.807, 2.05) is 13.8 Å². The number of benzene rings is 1. The summed E-state index contributed by atoms with van der Waals surface area (Å²) in [7, 11) is 0. The highest BCUT2D eigenvalue weighted by Crippen LogP contribution is 2.28. The molecule has 0 unspecified atom stereocenters. The van der Waals surface area contributed by atoms with Crippen LogP contribution in [-0.2, 0) is 0 Å². The van der Waals surface area contributed by atoms with Gasteiger partial charge in [0.2, 0.25) is 0 Å². The van der Waals surface area contributed by atoms with Gasteiger partial charge in [-0.05, 0) is 32.4 Å². The van der Waals surface area contributed by atoms with Crippen LogP contribution in [-0.4, -0.2) is 12.9 Å². The van der Waals surface area contributed by atoms with Crippen LogP contribution in [0.3, 0.4) is 0 Å². The zero-order chi connectivity index (χ0) is 12.9. The van der Waals surface area contributed by atoms with Gasteiger partial charge in [-0.15, -0.1) is 0 Å². The minimum Gasteiger partial charge on any atom is -0.491 e. The van der Waals surface area contributed by atoms with Gasteiger partial charge < -0.3 is 4.74 Å². The molecule has 0 bridgehead atoms. The fourth-order valence-electron chi connectivity index (χ4n) is 1.23. The SMILES string of the molecule is CC(C)(C#N)CCOc1c(Cl)cccc1C=O. The summed E-state index contributed by atoms with van der Waals surface area (Å²) < 4.78 is 5.48. The number of nitriles is 1. The molecule has 3 nitrogen and oxygen atoms in total. The van der Waals surface area contributed by atoms with Gasteiger partial charge in [0.25, 0.3) is 0 Å². The molecule has 1 aromatic carbocycles. The van der Waals surface area contributed by atoms with Gasteiger partial charge in [0.05, 0.1) is 28.7 Å². The third-order valence-electron chi connectivity index (χ3n) is 2.40. The molecule has 0 atom stereocenters. The van der Waals surface area contributed by atoms with E-state index in [9.17, 15) is 4.79 Å². The molecule has 4 heteroatoms. The first-order chi connectivity index (χ1) is 8.00. The van der Waals surface area contributed by atoms with Crippen LogP contribution in [0.25, 0.3) is 0 Å². The molecule has 0 N–H and O–H groups in total. The molecule has 0 aliphatic rings. The number of aldehydes is 1. The number of nitrogens with zero attached hydrogens (tertiary/aromatic N) is 1. The van der Waals surface area contributed by atoms with Crippen LogP contribution in [0.2, 0.25) is 5.02 Å². The number of ether oxygens (including phenoxy) is 1.